The van der Waals surface area contributed by atoms with Crippen LogP contribution in [-0.4, -0.2) is 18.4 Å². The number of nitrogens with two attached hydrogens (primary N) is 1. The van der Waals surface area contributed by atoms with Crippen LogP contribution in [0, 0.1) is 0 Å². The molecule has 0 aromatic heterocycles. The molecule has 0 saturated carbocycles. The summed E-state index contributed by atoms with van der Waals surface area (Å²) in [5, 5.41) is 1.21. The van der Waals surface area contributed by atoms with Gasteiger partial charge in [-0.1, -0.05) is 12.2 Å². The summed E-state index contributed by atoms with van der Waals surface area (Å²) >= 11 is 4.53. The maximum Gasteiger partial charge on any atom is 0.340 e. The molecule has 4 heteroatoms. The number of esters is 1. The summed E-state index contributed by atoms with van der Waals surface area (Å²) in [7, 11) is 1.28. The molecule has 0 rings (SSSR count). The van der Waals surface area contributed by atoms with Crippen LogP contribution in [0.4, 0.5) is 0 Å². The summed E-state index contributed by atoms with van der Waals surface area (Å²) in [5.41, 5.74) is 5.93. The van der Waals surface area contributed by atoms with E-state index in [0.29, 0.717) is 5.70 Å². The predicted octanol–water partition coefficient (Wildman–Crippen LogP) is 0.392. The number of allylic oxidation sites excluding steroid dienone is 1. The molecule has 0 bridgehead atoms. The molecule has 0 aliphatic rings. The largest absolute Gasteiger partial charge is 0.465 e. The minimum absolute atomic E-state index is 0.248. The minimum atomic E-state index is -0.491. The maximum absolute atomic E-state index is 10.7. The lowest BCUT2D eigenvalue weighted by Gasteiger charge is -1.99. The van der Waals surface area contributed by atoms with Gasteiger partial charge in [0.2, 0.25) is 0 Å². The van der Waals surface area contributed by atoms with E-state index in [1.54, 1.807) is 6.92 Å². The number of carbonyl (C=O) groups excluding carboxylic acids is 1. The fourth-order valence-corrected chi connectivity index (χ4v) is 0.694. The van der Waals surface area contributed by atoms with Gasteiger partial charge in [0.15, 0.2) is 0 Å². The third kappa shape index (κ3) is 2.14. The molecule has 56 valence electrons. The van der Waals surface area contributed by atoms with Crippen molar-refractivity contribution in [3.8, 4) is 0 Å². The Labute approximate surface area is 64.8 Å². The fraction of sp³-hybridized carbons (Fsp3) is 0.333. The SMILES string of the molecule is COC(=O)/C(C=S)=C(/C)N. The number of methoxy groups -OCH3 is 1. The number of carbonyl (C=O) groups is 1. The first-order valence-electron chi connectivity index (χ1n) is 2.63. The predicted molar refractivity (Wildman–Crippen MR) is 42.6 cm³/mol. The Balaban J connectivity index is 4.53. The van der Waals surface area contributed by atoms with Gasteiger partial charge in [-0.05, 0) is 6.92 Å². The van der Waals surface area contributed by atoms with E-state index in [9.17, 15) is 4.79 Å². The first kappa shape index (κ1) is 9.10. The monoisotopic (exact) mass is 159 g/mol. The summed E-state index contributed by atoms with van der Waals surface area (Å²) in [5.74, 6) is -0.491. The molecule has 0 aliphatic carbocycles. The maximum atomic E-state index is 10.7. The van der Waals surface area contributed by atoms with Crippen molar-refractivity contribution in [1.82, 2.24) is 0 Å². The molecule has 0 amide bonds. The summed E-state index contributed by atoms with van der Waals surface area (Å²) in [6.07, 6.45) is 0. The topological polar surface area (TPSA) is 52.3 Å². The molecule has 0 saturated heterocycles. The fourth-order valence-electron chi connectivity index (χ4n) is 0.412. The molecule has 0 spiro atoms. The number of ether oxygens (including phenoxy) is 1. The highest BCUT2D eigenvalue weighted by molar-refractivity contribution is 7.79. The Kier molecular flexibility index (Phi) is 3.64. The van der Waals surface area contributed by atoms with Crippen molar-refractivity contribution in [3.05, 3.63) is 11.3 Å². The second-order valence-corrected chi connectivity index (χ2v) is 1.94. The average molecular weight is 159 g/mol. The Morgan fingerprint density at radius 3 is 2.30 bits per heavy atom. The number of rotatable bonds is 2. The van der Waals surface area contributed by atoms with Crippen molar-refractivity contribution in [2.24, 2.45) is 5.73 Å². The molecule has 0 atom stereocenters. The molecule has 0 aliphatic heterocycles. The van der Waals surface area contributed by atoms with Crippen LogP contribution in [0.2, 0.25) is 0 Å². The molecule has 0 aromatic carbocycles. The summed E-state index contributed by atoms with van der Waals surface area (Å²) in [6, 6.07) is 0. The van der Waals surface area contributed by atoms with Gasteiger partial charge < -0.3 is 10.5 Å². The van der Waals surface area contributed by atoms with Crippen LogP contribution >= 0.6 is 12.2 Å². The van der Waals surface area contributed by atoms with Gasteiger partial charge in [-0.15, -0.1) is 0 Å². The van der Waals surface area contributed by atoms with Crippen LogP contribution in [0.25, 0.3) is 0 Å². The summed E-state index contributed by atoms with van der Waals surface area (Å²) < 4.78 is 4.39. The van der Waals surface area contributed by atoms with Gasteiger partial charge in [0.1, 0.15) is 0 Å². The van der Waals surface area contributed by atoms with Gasteiger partial charge in [0, 0.05) is 11.1 Å². The van der Waals surface area contributed by atoms with E-state index in [2.05, 4.69) is 17.0 Å². The van der Waals surface area contributed by atoms with E-state index in [1.807, 2.05) is 0 Å². The van der Waals surface area contributed by atoms with Crippen molar-refractivity contribution in [2.45, 2.75) is 6.92 Å². The molecule has 0 fully saturated rings. The molecular weight excluding hydrogens is 150 g/mol. The van der Waals surface area contributed by atoms with E-state index >= 15 is 0 Å². The van der Waals surface area contributed by atoms with Crippen molar-refractivity contribution >= 4 is 23.6 Å². The van der Waals surface area contributed by atoms with Gasteiger partial charge in [0.05, 0.1) is 12.7 Å². The van der Waals surface area contributed by atoms with Crippen molar-refractivity contribution in [2.75, 3.05) is 7.11 Å². The molecule has 0 aromatic rings. The van der Waals surface area contributed by atoms with Crippen molar-refractivity contribution in [1.29, 1.82) is 0 Å². The summed E-state index contributed by atoms with van der Waals surface area (Å²) in [4.78, 5) is 10.7. The molecule has 2 N–H and O–H groups in total. The third-order valence-electron chi connectivity index (χ3n) is 0.948. The first-order valence-corrected chi connectivity index (χ1v) is 3.10. The van der Waals surface area contributed by atoms with E-state index in [0.717, 1.165) is 0 Å². The highest BCUT2D eigenvalue weighted by atomic mass is 32.1. The van der Waals surface area contributed by atoms with Crippen LogP contribution < -0.4 is 5.73 Å². The number of hydrogen-bond acceptors (Lipinski definition) is 4. The average Bonchev–Trinajstić information content (AvgIpc) is 1.88. The van der Waals surface area contributed by atoms with Gasteiger partial charge in [-0.3, -0.25) is 0 Å². The van der Waals surface area contributed by atoms with Crippen LogP contribution in [-0.2, 0) is 9.53 Å². The van der Waals surface area contributed by atoms with E-state index in [-0.39, 0.29) is 5.57 Å². The lowest BCUT2D eigenvalue weighted by atomic mass is 10.2. The normalized spacial score (nSPS) is 11.8. The van der Waals surface area contributed by atoms with Crippen LogP contribution in [0.5, 0.6) is 0 Å². The lowest BCUT2D eigenvalue weighted by molar-refractivity contribution is -0.135. The van der Waals surface area contributed by atoms with Crippen LogP contribution in [0.3, 0.4) is 0 Å². The second kappa shape index (κ2) is 4.00. The Morgan fingerprint density at radius 1 is 1.70 bits per heavy atom. The van der Waals surface area contributed by atoms with E-state index in [4.69, 9.17) is 5.73 Å². The molecule has 3 nitrogen and oxygen atoms in total. The molecule has 0 unspecified atom stereocenters. The quantitative estimate of drug-likeness (QED) is 0.360. The zero-order valence-electron chi connectivity index (χ0n) is 5.88. The van der Waals surface area contributed by atoms with Gasteiger partial charge in [-0.25, -0.2) is 4.79 Å². The number of thiocarbonyl (C=S) groups is 1. The zero-order chi connectivity index (χ0) is 8.15. The minimum Gasteiger partial charge on any atom is -0.465 e. The Bertz CT molecular complexity index is 182. The molecule has 0 heterocycles. The molecule has 10 heavy (non-hydrogen) atoms. The standard InChI is InChI=1S/C6H9NO2S/c1-4(7)5(3-10)6(8)9-2/h3H,7H2,1-2H3/b5-4-. The van der Waals surface area contributed by atoms with Gasteiger partial charge >= 0.3 is 5.97 Å². The van der Waals surface area contributed by atoms with Gasteiger partial charge in [-0.2, -0.15) is 0 Å². The lowest BCUT2D eigenvalue weighted by Crippen LogP contribution is -2.11. The van der Waals surface area contributed by atoms with E-state index in [1.165, 1.54) is 12.5 Å². The van der Waals surface area contributed by atoms with E-state index < -0.39 is 5.97 Å². The second-order valence-electron chi connectivity index (χ2n) is 1.71. The molecule has 0 radical (unpaired) electrons. The van der Waals surface area contributed by atoms with Crippen molar-refractivity contribution in [3.63, 3.8) is 0 Å². The smallest absolute Gasteiger partial charge is 0.340 e. The first-order chi connectivity index (χ1) is 4.63. The Hall–Kier alpha value is -0.900. The van der Waals surface area contributed by atoms with Crippen molar-refractivity contribution < 1.29 is 9.53 Å². The highest BCUT2D eigenvalue weighted by Gasteiger charge is 2.07. The highest BCUT2D eigenvalue weighted by Crippen LogP contribution is 1.97. The number of hydrogen-bond donors (Lipinski definition) is 1. The van der Waals surface area contributed by atoms with Gasteiger partial charge in [0.25, 0.3) is 0 Å². The molecular formula is C6H9NO2S. The van der Waals surface area contributed by atoms with Crippen LogP contribution in [0.1, 0.15) is 6.92 Å². The summed E-state index contributed by atoms with van der Waals surface area (Å²) in [6.45, 7) is 1.59. The van der Waals surface area contributed by atoms with Crippen LogP contribution in [0.15, 0.2) is 11.3 Å². The Morgan fingerprint density at radius 2 is 2.20 bits per heavy atom. The third-order valence-corrected chi connectivity index (χ3v) is 1.18. The zero-order valence-corrected chi connectivity index (χ0v) is 6.70.